The van der Waals surface area contributed by atoms with Crippen molar-refractivity contribution in [1.82, 2.24) is 0 Å². The third kappa shape index (κ3) is 4.83. The second kappa shape index (κ2) is 7.20. The van der Waals surface area contributed by atoms with E-state index in [0.717, 1.165) is 0 Å². The standard InChI is InChI=1S/C14H16O5/c1-10(2)14(17)19-9-5-8-18-12-7-4-3-6-11(12)13(15)16/h3-4,6-7H,1,5,8-9H2,2H3,(H,15,16). The minimum atomic E-state index is -1.04. The third-order valence-electron chi connectivity index (χ3n) is 2.25. The Morgan fingerprint density at radius 3 is 2.58 bits per heavy atom. The molecular formula is C14H16O5. The summed E-state index contributed by atoms with van der Waals surface area (Å²) in [5, 5.41) is 8.94. The Labute approximate surface area is 111 Å². The molecule has 1 N–H and O–H groups in total. The number of hydrogen-bond acceptors (Lipinski definition) is 4. The van der Waals surface area contributed by atoms with Gasteiger partial charge < -0.3 is 14.6 Å². The van der Waals surface area contributed by atoms with Gasteiger partial charge in [0.25, 0.3) is 0 Å². The summed E-state index contributed by atoms with van der Waals surface area (Å²) >= 11 is 0. The van der Waals surface area contributed by atoms with E-state index in [9.17, 15) is 9.59 Å². The molecule has 0 bridgehead atoms. The summed E-state index contributed by atoms with van der Waals surface area (Å²) in [6, 6.07) is 6.38. The summed E-state index contributed by atoms with van der Waals surface area (Å²) in [7, 11) is 0. The van der Waals surface area contributed by atoms with E-state index in [4.69, 9.17) is 14.6 Å². The van der Waals surface area contributed by atoms with Gasteiger partial charge in [0.05, 0.1) is 13.2 Å². The number of rotatable bonds is 7. The van der Waals surface area contributed by atoms with E-state index in [1.807, 2.05) is 0 Å². The van der Waals surface area contributed by atoms with Crippen molar-refractivity contribution in [3.05, 3.63) is 42.0 Å². The highest BCUT2D eigenvalue weighted by Crippen LogP contribution is 2.17. The number of benzene rings is 1. The van der Waals surface area contributed by atoms with Crippen LogP contribution in [0.25, 0.3) is 0 Å². The highest BCUT2D eigenvalue weighted by molar-refractivity contribution is 5.90. The van der Waals surface area contributed by atoms with Gasteiger partial charge in [-0.2, -0.15) is 0 Å². The number of ether oxygens (including phenoxy) is 2. The molecule has 0 amide bonds. The first-order valence-electron chi connectivity index (χ1n) is 5.80. The van der Waals surface area contributed by atoms with Crippen LogP contribution >= 0.6 is 0 Å². The Balaban J connectivity index is 2.36. The molecule has 0 heterocycles. The minimum Gasteiger partial charge on any atom is -0.493 e. The number of aromatic carboxylic acids is 1. The lowest BCUT2D eigenvalue weighted by molar-refractivity contribution is -0.139. The number of para-hydroxylation sites is 1. The van der Waals surface area contributed by atoms with Gasteiger partial charge in [-0.05, 0) is 19.1 Å². The molecule has 0 radical (unpaired) electrons. The lowest BCUT2D eigenvalue weighted by atomic mass is 10.2. The topological polar surface area (TPSA) is 72.8 Å². The van der Waals surface area contributed by atoms with E-state index in [0.29, 0.717) is 17.7 Å². The van der Waals surface area contributed by atoms with Crippen LogP contribution in [0.2, 0.25) is 0 Å². The van der Waals surface area contributed by atoms with Gasteiger partial charge in [-0.3, -0.25) is 0 Å². The molecule has 0 aliphatic heterocycles. The lowest BCUT2D eigenvalue weighted by Crippen LogP contribution is -2.10. The Kier molecular flexibility index (Phi) is 5.60. The first-order valence-corrected chi connectivity index (χ1v) is 5.80. The summed E-state index contributed by atoms with van der Waals surface area (Å²) in [4.78, 5) is 22.0. The van der Waals surface area contributed by atoms with Gasteiger partial charge in [0.2, 0.25) is 0 Å². The normalized spacial score (nSPS) is 9.74. The molecule has 0 aliphatic carbocycles. The Morgan fingerprint density at radius 2 is 1.95 bits per heavy atom. The molecule has 0 saturated carbocycles. The van der Waals surface area contributed by atoms with Gasteiger partial charge in [-0.15, -0.1) is 0 Å². The van der Waals surface area contributed by atoms with Crippen LogP contribution in [-0.4, -0.2) is 30.3 Å². The maximum Gasteiger partial charge on any atom is 0.339 e. The number of carboxylic acids is 1. The molecule has 0 aliphatic rings. The lowest BCUT2D eigenvalue weighted by Gasteiger charge is -2.09. The average molecular weight is 264 g/mol. The largest absolute Gasteiger partial charge is 0.493 e. The van der Waals surface area contributed by atoms with Crippen LogP contribution < -0.4 is 4.74 Å². The number of carbonyl (C=O) groups excluding carboxylic acids is 1. The molecule has 0 fully saturated rings. The van der Waals surface area contributed by atoms with Gasteiger partial charge in [0.15, 0.2) is 0 Å². The van der Waals surface area contributed by atoms with Crippen LogP contribution in [0, 0.1) is 0 Å². The van der Waals surface area contributed by atoms with Gasteiger partial charge in [0.1, 0.15) is 11.3 Å². The van der Waals surface area contributed by atoms with Gasteiger partial charge in [-0.25, -0.2) is 9.59 Å². The van der Waals surface area contributed by atoms with Crippen molar-refractivity contribution in [2.75, 3.05) is 13.2 Å². The van der Waals surface area contributed by atoms with Crippen LogP contribution in [0.1, 0.15) is 23.7 Å². The Morgan fingerprint density at radius 1 is 1.26 bits per heavy atom. The molecule has 0 atom stereocenters. The fourth-order valence-corrected chi connectivity index (χ4v) is 1.30. The Hall–Kier alpha value is -2.30. The molecule has 1 aromatic rings. The molecule has 0 aromatic heterocycles. The van der Waals surface area contributed by atoms with Gasteiger partial charge >= 0.3 is 11.9 Å². The van der Waals surface area contributed by atoms with Gasteiger partial charge in [0, 0.05) is 12.0 Å². The van der Waals surface area contributed by atoms with Crippen molar-refractivity contribution in [3.8, 4) is 5.75 Å². The highest BCUT2D eigenvalue weighted by atomic mass is 16.5. The van der Waals surface area contributed by atoms with Crippen molar-refractivity contribution in [2.24, 2.45) is 0 Å². The van der Waals surface area contributed by atoms with E-state index >= 15 is 0 Å². The van der Waals surface area contributed by atoms with Gasteiger partial charge in [-0.1, -0.05) is 18.7 Å². The first-order chi connectivity index (χ1) is 9.02. The van der Waals surface area contributed by atoms with Crippen molar-refractivity contribution < 1.29 is 24.2 Å². The molecule has 0 spiro atoms. The average Bonchev–Trinajstić information content (AvgIpc) is 2.38. The number of carboxylic acid groups (broad SMARTS) is 1. The zero-order chi connectivity index (χ0) is 14.3. The van der Waals surface area contributed by atoms with Crippen LogP contribution in [0.4, 0.5) is 0 Å². The first kappa shape index (κ1) is 14.8. The second-order valence-electron chi connectivity index (χ2n) is 3.92. The van der Waals surface area contributed by atoms with E-state index in [-0.39, 0.29) is 18.8 Å². The van der Waals surface area contributed by atoms with Crippen molar-refractivity contribution in [3.63, 3.8) is 0 Å². The summed E-state index contributed by atoms with van der Waals surface area (Å²) in [5.74, 6) is -1.17. The summed E-state index contributed by atoms with van der Waals surface area (Å²) in [6.45, 7) is 5.51. The molecule has 102 valence electrons. The molecule has 0 saturated heterocycles. The maximum absolute atomic E-state index is 11.1. The van der Waals surface area contributed by atoms with E-state index in [2.05, 4.69) is 6.58 Å². The predicted molar refractivity (Wildman–Crippen MR) is 69.3 cm³/mol. The zero-order valence-corrected chi connectivity index (χ0v) is 10.7. The molecule has 19 heavy (non-hydrogen) atoms. The number of esters is 1. The summed E-state index contributed by atoms with van der Waals surface area (Å²) in [6.07, 6.45) is 0.479. The predicted octanol–water partition coefficient (Wildman–Crippen LogP) is 2.27. The van der Waals surface area contributed by atoms with Crippen molar-refractivity contribution in [2.45, 2.75) is 13.3 Å². The summed E-state index contributed by atoms with van der Waals surface area (Å²) < 4.78 is 10.2. The van der Waals surface area contributed by atoms with E-state index in [1.54, 1.807) is 25.1 Å². The van der Waals surface area contributed by atoms with Crippen molar-refractivity contribution >= 4 is 11.9 Å². The molecule has 1 aromatic carbocycles. The SMILES string of the molecule is C=C(C)C(=O)OCCCOc1ccccc1C(=O)O. The molecule has 0 unspecified atom stereocenters. The smallest absolute Gasteiger partial charge is 0.339 e. The highest BCUT2D eigenvalue weighted by Gasteiger charge is 2.09. The molecule has 5 heteroatoms. The second-order valence-corrected chi connectivity index (χ2v) is 3.92. The van der Waals surface area contributed by atoms with Crippen LogP contribution in [-0.2, 0) is 9.53 Å². The molecule has 5 nitrogen and oxygen atoms in total. The fraction of sp³-hybridized carbons (Fsp3) is 0.286. The third-order valence-corrected chi connectivity index (χ3v) is 2.25. The van der Waals surface area contributed by atoms with Crippen LogP contribution in [0.15, 0.2) is 36.4 Å². The van der Waals surface area contributed by atoms with E-state index in [1.165, 1.54) is 6.07 Å². The summed E-state index contributed by atoms with van der Waals surface area (Å²) in [5.41, 5.74) is 0.457. The van der Waals surface area contributed by atoms with E-state index < -0.39 is 11.9 Å². The fourth-order valence-electron chi connectivity index (χ4n) is 1.30. The minimum absolute atomic E-state index is 0.112. The molecule has 1 rings (SSSR count). The quantitative estimate of drug-likeness (QED) is 0.464. The zero-order valence-electron chi connectivity index (χ0n) is 10.7. The van der Waals surface area contributed by atoms with Crippen LogP contribution in [0.5, 0.6) is 5.75 Å². The van der Waals surface area contributed by atoms with Crippen LogP contribution in [0.3, 0.4) is 0 Å². The maximum atomic E-state index is 11.1. The van der Waals surface area contributed by atoms with Crippen molar-refractivity contribution in [1.29, 1.82) is 0 Å². The Bertz CT molecular complexity index is 478. The number of hydrogen-bond donors (Lipinski definition) is 1. The number of carbonyl (C=O) groups is 2. The molecular weight excluding hydrogens is 248 g/mol. The monoisotopic (exact) mass is 264 g/mol.